The number of methoxy groups -OCH3 is 1. The zero-order chi connectivity index (χ0) is 22.7. The summed E-state index contributed by atoms with van der Waals surface area (Å²) >= 11 is 0. The highest BCUT2D eigenvalue weighted by atomic mass is 19.2. The van der Waals surface area contributed by atoms with Crippen LogP contribution in [-0.4, -0.2) is 20.3 Å². The summed E-state index contributed by atoms with van der Waals surface area (Å²) in [5, 5.41) is 0. The normalized spacial score (nSPS) is 18.5. The van der Waals surface area contributed by atoms with Gasteiger partial charge in [-0.05, 0) is 41.3 Å². The number of benzene rings is 3. The first-order valence-electron chi connectivity index (χ1n) is 10.7. The van der Waals surface area contributed by atoms with Gasteiger partial charge in [0, 0.05) is 17.0 Å². The van der Waals surface area contributed by atoms with E-state index in [1.54, 1.807) is 36.4 Å². The Morgan fingerprint density at radius 2 is 1.50 bits per heavy atom. The Morgan fingerprint density at radius 3 is 2.12 bits per heavy atom. The molecule has 0 amide bonds. The molecule has 0 N–H and O–H groups in total. The summed E-state index contributed by atoms with van der Waals surface area (Å²) in [7, 11) is 1.28. The SMILES string of the molecule is CCCC1COC(c2ccc(-c3ccc(-c4ccc(OC)c(F)c4F)cc3)cc2F)OC1. The van der Waals surface area contributed by atoms with Gasteiger partial charge in [-0.3, -0.25) is 0 Å². The summed E-state index contributed by atoms with van der Waals surface area (Å²) in [6.45, 7) is 3.23. The minimum atomic E-state index is -1.03. The van der Waals surface area contributed by atoms with Crippen molar-refractivity contribution in [2.75, 3.05) is 20.3 Å². The summed E-state index contributed by atoms with van der Waals surface area (Å²) < 4.78 is 59.5. The first-order valence-corrected chi connectivity index (χ1v) is 10.7. The Balaban J connectivity index is 1.52. The molecule has 3 nitrogen and oxygen atoms in total. The second-order valence-electron chi connectivity index (χ2n) is 7.91. The van der Waals surface area contributed by atoms with Crippen LogP contribution in [0.4, 0.5) is 13.2 Å². The summed E-state index contributed by atoms with van der Waals surface area (Å²) in [5.41, 5.74) is 2.43. The summed E-state index contributed by atoms with van der Waals surface area (Å²) in [4.78, 5) is 0. The van der Waals surface area contributed by atoms with Crippen molar-refractivity contribution >= 4 is 0 Å². The van der Waals surface area contributed by atoms with Crippen LogP contribution < -0.4 is 4.74 Å². The van der Waals surface area contributed by atoms with Crippen molar-refractivity contribution in [1.29, 1.82) is 0 Å². The van der Waals surface area contributed by atoms with E-state index in [1.807, 2.05) is 0 Å². The molecule has 4 rings (SSSR count). The van der Waals surface area contributed by atoms with E-state index in [4.69, 9.17) is 14.2 Å². The largest absolute Gasteiger partial charge is 0.494 e. The first-order chi connectivity index (χ1) is 15.5. The van der Waals surface area contributed by atoms with Crippen LogP contribution in [0.15, 0.2) is 54.6 Å². The van der Waals surface area contributed by atoms with Crippen LogP contribution in [0.25, 0.3) is 22.3 Å². The molecule has 0 unspecified atom stereocenters. The van der Waals surface area contributed by atoms with E-state index < -0.39 is 23.7 Å². The summed E-state index contributed by atoms with van der Waals surface area (Å²) in [5.74, 6) is -2.21. The van der Waals surface area contributed by atoms with Crippen molar-refractivity contribution in [3.05, 3.63) is 77.6 Å². The molecule has 0 saturated carbocycles. The maximum absolute atomic E-state index is 14.8. The van der Waals surface area contributed by atoms with Gasteiger partial charge in [-0.25, -0.2) is 8.78 Å². The molecule has 1 fully saturated rings. The topological polar surface area (TPSA) is 27.7 Å². The Labute approximate surface area is 185 Å². The van der Waals surface area contributed by atoms with Crippen LogP contribution in [0.2, 0.25) is 0 Å². The smallest absolute Gasteiger partial charge is 0.201 e. The molecule has 32 heavy (non-hydrogen) atoms. The van der Waals surface area contributed by atoms with E-state index in [9.17, 15) is 13.2 Å². The third-order valence-corrected chi connectivity index (χ3v) is 5.71. The maximum Gasteiger partial charge on any atom is 0.201 e. The van der Waals surface area contributed by atoms with Crippen molar-refractivity contribution in [1.82, 2.24) is 0 Å². The minimum Gasteiger partial charge on any atom is -0.494 e. The molecule has 0 atom stereocenters. The molecule has 0 bridgehead atoms. The van der Waals surface area contributed by atoms with Crippen molar-refractivity contribution in [2.24, 2.45) is 5.92 Å². The molecule has 1 saturated heterocycles. The van der Waals surface area contributed by atoms with Gasteiger partial charge in [0.15, 0.2) is 17.9 Å². The molecule has 0 spiro atoms. The predicted octanol–water partition coefficient (Wildman–Crippen LogP) is 6.91. The van der Waals surface area contributed by atoms with Gasteiger partial charge < -0.3 is 14.2 Å². The molecule has 6 heteroatoms. The Hall–Kier alpha value is -2.83. The standard InChI is InChI=1S/C26H25F3O3/c1-3-4-16-14-31-26(32-15-16)21-10-9-19(13-22(21)27)17-5-7-18(8-6-17)20-11-12-23(30-2)25(29)24(20)28/h5-13,16,26H,3-4,14-15H2,1-2H3. The first kappa shape index (κ1) is 22.4. The zero-order valence-corrected chi connectivity index (χ0v) is 18.0. The van der Waals surface area contributed by atoms with Crippen LogP contribution in [0.3, 0.4) is 0 Å². The predicted molar refractivity (Wildman–Crippen MR) is 117 cm³/mol. The molecule has 1 aliphatic rings. The Kier molecular flexibility index (Phi) is 6.82. The van der Waals surface area contributed by atoms with E-state index in [-0.39, 0.29) is 11.3 Å². The van der Waals surface area contributed by atoms with E-state index in [0.29, 0.717) is 35.8 Å². The minimum absolute atomic E-state index is 0.129. The van der Waals surface area contributed by atoms with Crippen LogP contribution >= 0.6 is 0 Å². The molecule has 3 aromatic rings. The third kappa shape index (κ3) is 4.52. The number of hydrogen-bond acceptors (Lipinski definition) is 3. The van der Waals surface area contributed by atoms with E-state index >= 15 is 0 Å². The molecular formula is C26H25F3O3. The number of rotatable bonds is 6. The number of ether oxygens (including phenoxy) is 3. The van der Waals surface area contributed by atoms with Crippen LogP contribution in [0.1, 0.15) is 31.6 Å². The molecule has 3 aromatic carbocycles. The van der Waals surface area contributed by atoms with Crippen molar-refractivity contribution in [2.45, 2.75) is 26.1 Å². The lowest BCUT2D eigenvalue weighted by atomic mass is 9.98. The van der Waals surface area contributed by atoms with Crippen LogP contribution in [-0.2, 0) is 9.47 Å². The lowest BCUT2D eigenvalue weighted by Gasteiger charge is -2.29. The number of hydrogen-bond donors (Lipinski definition) is 0. The highest BCUT2D eigenvalue weighted by Gasteiger charge is 2.25. The van der Waals surface area contributed by atoms with Gasteiger partial charge in [-0.15, -0.1) is 0 Å². The maximum atomic E-state index is 14.8. The van der Waals surface area contributed by atoms with Gasteiger partial charge in [0.05, 0.1) is 20.3 Å². The number of halogens is 3. The molecule has 168 valence electrons. The Morgan fingerprint density at radius 1 is 0.844 bits per heavy atom. The average molecular weight is 442 g/mol. The van der Waals surface area contributed by atoms with E-state index in [1.165, 1.54) is 25.3 Å². The molecule has 0 aromatic heterocycles. The second-order valence-corrected chi connectivity index (χ2v) is 7.91. The zero-order valence-electron chi connectivity index (χ0n) is 18.0. The van der Waals surface area contributed by atoms with Crippen LogP contribution in [0, 0.1) is 23.4 Å². The molecule has 1 heterocycles. The highest BCUT2D eigenvalue weighted by Crippen LogP contribution is 2.33. The van der Waals surface area contributed by atoms with Gasteiger partial charge in [0.25, 0.3) is 0 Å². The fourth-order valence-corrected chi connectivity index (χ4v) is 3.95. The lowest BCUT2D eigenvalue weighted by Crippen LogP contribution is -2.27. The van der Waals surface area contributed by atoms with E-state index in [2.05, 4.69) is 6.92 Å². The molecule has 1 aliphatic heterocycles. The van der Waals surface area contributed by atoms with Gasteiger partial charge in [0.2, 0.25) is 5.82 Å². The van der Waals surface area contributed by atoms with Gasteiger partial charge in [0.1, 0.15) is 5.82 Å². The quantitative estimate of drug-likeness (QED) is 0.415. The van der Waals surface area contributed by atoms with Crippen LogP contribution in [0.5, 0.6) is 5.75 Å². The fraction of sp³-hybridized carbons (Fsp3) is 0.308. The summed E-state index contributed by atoms with van der Waals surface area (Å²) in [6.07, 6.45) is 1.38. The van der Waals surface area contributed by atoms with Gasteiger partial charge >= 0.3 is 0 Å². The second kappa shape index (κ2) is 9.76. The van der Waals surface area contributed by atoms with Crippen molar-refractivity contribution < 1.29 is 27.4 Å². The fourth-order valence-electron chi connectivity index (χ4n) is 3.95. The van der Waals surface area contributed by atoms with E-state index in [0.717, 1.165) is 18.4 Å². The van der Waals surface area contributed by atoms with Crippen molar-refractivity contribution in [3.63, 3.8) is 0 Å². The molecular weight excluding hydrogens is 417 g/mol. The van der Waals surface area contributed by atoms with Gasteiger partial charge in [-0.2, -0.15) is 4.39 Å². The monoisotopic (exact) mass is 442 g/mol. The summed E-state index contributed by atoms with van der Waals surface area (Å²) in [6, 6.07) is 14.6. The highest BCUT2D eigenvalue weighted by molar-refractivity contribution is 5.71. The lowest BCUT2D eigenvalue weighted by molar-refractivity contribution is -0.207. The average Bonchev–Trinajstić information content (AvgIpc) is 2.82. The van der Waals surface area contributed by atoms with Gasteiger partial charge in [-0.1, -0.05) is 49.7 Å². The van der Waals surface area contributed by atoms with Crippen molar-refractivity contribution in [3.8, 4) is 28.0 Å². The Bertz CT molecular complexity index is 1070. The third-order valence-electron chi connectivity index (χ3n) is 5.71. The molecule has 0 radical (unpaired) electrons. The molecule has 0 aliphatic carbocycles.